The second-order valence-electron chi connectivity index (χ2n) is 5.99. The lowest BCUT2D eigenvalue weighted by Crippen LogP contribution is -2.62. The second-order valence-corrected chi connectivity index (χ2v) is 5.99. The van der Waals surface area contributed by atoms with Gasteiger partial charge in [0, 0.05) is 7.11 Å². The molecular formula is C19H26N4O6. The van der Waals surface area contributed by atoms with Crippen molar-refractivity contribution in [1.29, 1.82) is 21.0 Å². The summed E-state index contributed by atoms with van der Waals surface area (Å²) < 4.78 is 34.4. The zero-order valence-electron chi connectivity index (χ0n) is 16.5. The van der Waals surface area contributed by atoms with Gasteiger partial charge in [-0.1, -0.05) is 0 Å². The Labute approximate surface area is 171 Å². The molecule has 0 unspecified atom stereocenters. The minimum atomic E-state index is -0.804. The molecule has 0 spiro atoms. The topological polar surface area (TPSA) is 151 Å². The van der Waals surface area contributed by atoms with Gasteiger partial charge in [-0.15, -0.1) is 0 Å². The molecule has 1 saturated heterocycles. The summed E-state index contributed by atoms with van der Waals surface area (Å²) in [4.78, 5) is 0. The molecule has 0 amide bonds. The molecule has 0 radical (unpaired) electrons. The molecule has 158 valence electrons. The molecule has 1 rings (SSSR count). The van der Waals surface area contributed by atoms with Crippen LogP contribution in [0.5, 0.6) is 0 Å². The fourth-order valence-corrected chi connectivity index (χ4v) is 2.81. The van der Waals surface area contributed by atoms with Crippen molar-refractivity contribution < 1.29 is 28.4 Å². The van der Waals surface area contributed by atoms with Gasteiger partial charge in [0.25, 0.3) is 0 Å². The van der Waals surface area contributed by atoms with Crippen molar-refractivity contribution in [3.8, 4) is 24.3 Å². The molecule has 5 atom stereocenters. The Bertz CT molecular complexity index is 620. The van der Waals surface area contributed by atoms with Gasteiger partial charge in [-0.05, 0) is 0 Å². The Morgan fingerprint density at radius 2 is 1.17 bits per heavy atom. The lowest BCUT2D eigenvalue weighted by molar-refractivity contribution is -0.317. The number of ether oxygens (including phenoxy) is 6. The Balaban J connectivity index is 2.99. The number of nitriles is 4. The van der Waals surface area contributed by atoms with Crippen LogP contribution in [-0.4, -0.2) is 70.9 Å². The smallest absolute Gasteiger partial charge is 0.186 e. The molecule has 1 fully saturated rings. The maximum Gasteiger partial charge on any atom is 0.186 e. The van der Waals surface area contributed by atoms with E-state index in [1.807, 2.05) is 24.3 Å². The van der Waals surface area contributed by atoms with E-state index in [2.05, 4.69) is 0 Å². The molecule has 1 aliphatic rings. The van der Waals surface area contributed by atoms with E-state index in [1.54, 1.807) is 0 Å². The van der Waals surface area contributed by atoms with Gasteiger partial charge in [-0.3, -0.25) is 0 Å². The molecule has 0 aromatic heterocycles. The largest absolute Gasteiger partial charge is 0.378 e. The average Bonchev–Trinajstić information content (AvgIpc) is 2.73. The van der Waals surface area contributed by atoms with Crippen LogP contribution in [0.3, 0.4) is 0 Å². The molecule has 1 heterocycles. The third-order valence-corrected chi connectivity index (χ3v) is 4.04. The third-order valence-electron chi connectivity index (χ3n) is 4.04. The van der Waals surface area contributed by atoms with E-state index in [1.165, 1.54) is 7.11 Å². The summed E-state index contributed by atoms with van der Waals surface area (Å²) in [6.07, 6.45) is -2.64. The van der Waals surface area contributed by atoms with Crippen molar-refractivity contribution in [2.24, 2.45) is 0 Å². The van der Waals surface area contributed by atoms with Gasteiger partial charge in [0.15, 0.2) is 6.29 Å². The quantitative estimate of drug-likeness (QED) is 0.385. The molecule has 10 nitrogen and oxygen atoms in total. The Morgan fingerprint density at radius 1 is 0.690 bits per heavy atom. The number of rotatable bonds is 14. The van der Waals surface area contributed by atoms with Crippen molar-refractivity contribution in [3.63, 3.8) is 0 Å². The summed E-state index contributed by atoms with van der Waals surface area (Å²) >= 11 is 0. The predicted molar refractivity (Wildman–Crippen MR) is 96.6 cm³/mol. The molecule has 0 bridgehead atoms. The number of hydrogen-bond acceptors (Lipinski definition) is 10. The van der Waals surface area contributed by atoms with Crippen LogP contribution in [-0.2, 0) is 28.4 Å². The highest BCUT2D eigenvalue weighted by Crippen LogP contribution is 2.29. The fraction of sp³-hybridized carbons (Fsp3) is 0.789. The Kier molecular flexibility index (Phi) is 13.3. The van der Waals surface area contributed by atoms with Crippen LogP contribution in [0.2, 0.25) is 0 Å². The van der Waals surface area contributed by atoms with Crippen molar-refractivity contribution in [3.05, 3.63) is 0 Å². The zero-order valence-corrected chi connectivity index (χ0v) is 16.5. The van der Waals surface area contributed by atoms with Crippen LogP contribution in [0.15, 0.2) is 0 Å². The van der Waals surface area contributed by atoms with E-state index in [0.29, 0.717) is 0 Å². The van der Waals surface area contributed by atoms with Gasteiger partial charge in [-0.25, -0.2) is 0 Å². The van der Waals surface area contributed by atoms with E-state index in [4.69, 9.17) is 49.5 Å². The molecule has 0 saturated carbocycles. The summed E-state index contributed by atoms with van der Waals surface area (Å²) in [6.45, 7) is 0.815. The van der Waals surface area contributed by atoms with Crippen molar-refractivity contribution in [1.82, 2.24) is 0 Å². The molecule has 0 N–H and O–H groups in total. The molecule has 29 heavy (non-hydrogen) atoms. The lowest BCUT2D eigenvalue weighted by atomic mass is 9.98. The van der Waals surface area contributed by atoms with Crippen molar-refractivity contribution >= 4 is 0 Å². The highest BCUT2D eigenvalue weighted by molar-refractivity contribution is 4.94. The van der Waals surface area contributed by atoms with Crippen molar-refractivity contribution in [2.75, 3.05) is 40.1 Å². The highest BCUT2D eigenvalue weighted by Gasteiger charge is 2.48. The van der Waals surface area contributed by atoms with E-state index >= 15 is 0 Å². The summed E-state index contributed by atoms with van der Waals surface area (Å²) in [6, 6.07) is 8.03. The number of nitrogens with zero attached hydrogens (tertiary/aromatic N) is 4. The maximum atomic E-state index is 8.83. The summed E-state index contributed by atoms with van der Waals surface area (Å²) in [7, 11) is 1.46. The first kappa shape index (κ1) is 24.8. The van der Waals surface area contributed by atoms with Crippen LogP contribution >= 0.6 is 0 Å². The summed E-state index contributed by atoms with van der Waals surface area (Å²) in [5.41, 5.74) is 0. The molecular weight excluding hydrogens is 380 g/mol. The lowest BCUT2D eigenvalue weighted by Gasteiger charge is -2.45. The van der Waals surface area contributed by atoms with E-state index in [0.717, 1.165) is 0 Å². The van der Waals surface area contributed by atoms with Gasteiger partial charge in [0.1, 0.15) is 24.4 Å². The van der Waals surface area contributed by atoms with E-state index in [-0.39, 0.29) is 58.7 Å². The first-order valence-corrected chi connectivity index (χ1v) is 9.32. The highest BCUT2D eigenvalue weighted by atomic mass is 16.7. The van der Waals surface area contributed by atoms with E-state index < -0.39 is 30.7 Å². The monoisotopic (exact) mass is 406 g/mol. The van der Waals surface area contributed by atoms with Crippen molar-refractivity contribution in [2.45, 2.75) is 56.4 Å². The molecule has 0 aromatic carbocycles. The van der Waals surface area contributed by atoms with Crippen LogP contribution < -0.4 is 0 Å². The summed E-state index contributed by atoms with van der Waals surface area (Å²) in [5, 5.41) is 35.1. The standard InChI is InChI=1S/C19H26N4O6/c1-24-19-18(28-13-5-9-23)17(27-12-4-8-22)16(26-11-3-7-21)15(29-19)14-25-10-2-6-20/h15-19H,2-5,10-14H2,1H3/t15-,16-,17+,18-,19+/m1/s1. The second kappa shape index (κ2) is 15.6. The number of methoxy groups -OCH3 is 1. The van der Waals surface area contributed by atoms with Crippen LogP contribution in [0.1, 0.15) is 25.7 Å². The van der Waals surface area contributed by atoms with E-state index in [9.17, 15) is 0 Å². The Hall–Kier alpha value is -2.28. The number of hydrogen-bond donors (Lipinski definition) is 0. The summed E-state index contributed by atoms with van der Waals surface area (Å²) in [5.74, 6) is 0. The fourth-order valence-electron chi connectivity index (χ4n) is 2.81. The van der Waals surface area contributed by atoms with Crippen LogP contribution in [0, 0.1) is 45.3 Å². The van der Waals surface area contributed by atoms with Gasteiger partial charge in [0.2, 0.25) is 0 Å². The van der Waals surface area contributed by atoms with Gasteiger partial charge < -0.3 is 28.4 Å². The molecule has 10 heteroatoms. The van der Waals surface area contributed by atoms with Gasteiger partial charge >= 0.3 is 0 Å². The maximum absolute atomic E-state index is 8.83. The third kappa shape index (κ3) is 8.73. The predicted octanol–water partition coefficient (Wildman–Crippen LogP) is 1.18. The molecule has 1 aliphatic heterocycles. The minimum absolute atomic E-state index is 0.127. The first-order chi connectivity index (χ1) is 14.2. The van der Waals surface area contributed by atoms with Crippen LogP contribution in [0.4, 0.5) is 0 Å². The SMILES string of the molecule is CO[C@H]1O[C@H](COCCC#N)[C@@H](OCCC#N)[C@H](OCCC#N)[C@H]1OCCC#N. The normalized spacial score (nSPS) is 26.0. The Morgan fingerprint density at radius 3 is 1.69 bits per heavy atom. The minimum Gasteiger partial charge on any atom is -0.378 e. The van der Waals surface area contributed by atoms with Gasteiger partial charge in [-0.2, -0.15) is 21.0 Å². The first-order valence-electron chi connectivity index (χ1n) is 9.32. The molecule has 0 aliphatic carbocycles. The average molecular weight is 406 g/mol. The van der Waals surface area contributed by atoms with Crippen LogP contribution in [0.25, 0.3) is 0 Å². The molecule has 0 aromatic rings. The zero-order chi connectivity index (χ0) is 21.3. The van der Waals surface area contributed by atoms with Gasteiger partial charge in [0.05, 0.1) is 83.0 Å².